The Labute approximate surface area is 230 Å². The highest BCUT2D eigenvalue weighted by Crippen LogP contribution is 2.30. The summed E-state index contributed by atoms with van der Waals surface area (Å²) in [7, 11) is 1.63. The van der Waals surface area contributed by atoms with Crippen LogP contribution in [0.25, 0.3) is 10.9 Å². The van der Waals surface area contributed by atoms with Crippen molar-refractivity contribution in [3.05, 3.63) is 111 Å². The summed E-state index contributed by atoms with van der Waals surface area (Å²) in [5.74, 6) is 1.35. The topological polar surface area (TPSA) is 92.2 Å². The second kappa shape index (κ2) is 10.9. The number of nitrogens with zero attached hydrogens (tertiary/aromatic N) is 6. The molecule has 3 aromatic carbocycles. The molecule has 6 rings (SSSR count). The van der Waals surface area contributed by atoms with Crippen molar-refractivity contribution < 1.29 is 4.74 Å². The van der Waals surface area contributed by atoms with E-state index in [4.69, 9.17) is 16.3 Å². The largest absolute Gasteiger partial charge is 0.497 e. The Morgan fingerprint density at radius 2 is 1.79 bits per heavy atom. The Kier molecular flexibility index (Phi) is 7.00. The summed E-state index contributed by atoms with van der Waals surface area (Å²) in [6.45, 7) is 3.48. The van der Waals surface area contributed by atoms with Gasteiger partial charge in [0.15, 0.2) is 5.82 Å². The van der Waals surface area contributed by atoms with Crippen molar-refractivity contribution in [3.63, 3.8) is 0 Å². The zero-order chi connectivity index (χ0) is 26.8. The van der Waals surface area contributed by atoms with Gasteiger partial charge in [0.1, 0.15) is 11.8 Å². The third kappa shape index (κ3) is 5.23. The molecule has 1 N–H and O–H groups in total. The Hall–Kier alpha value is -4.21. The number of benzene rings is 3. The van der Waals surface area contributed by atoms with Crippen LogP contribution in [-0.2, 0) is 6.54 Å². The van der Waals surface area contributed by atoms with E-state index in [-0.39, 0.29) is 5.56 Å². The molecule has 0 amide bonds. The zero-order valence-corrected chi connectivity index (χ0v) is 22.3. The number of rotatable bonds is 7. The van der Waals surface area contributed by atoms with Gasteiger partial charge >= 0.3 is 0 Å². The fraction of sp³-hybridized carbons (Fsp3) is 0.241. The number of anilines is 1. The maximum Gasteiger partial charge on any atom is 0.253 e. The van der Waals surface area contributed by atoms with Crippen molar-refractivity contribution in [1.82, 2.24) is 30.1 Å². The Morgan fingerprint density at radius 1 is 0.974 bits per heavy atom. The molecule has 0 bridgehead atoms. The SMILES string of the molecule is COc1ccc2[nH]c(=O)c([C@@H](c3nnnn3Cc3ccccc3)N3CCN(c4cccc(Cl)c4)CC3)cc2c1. The number of aromatic nitrogens is 5. The number of ether oxygens (including phenoxy) is 1. The molecular formula is C29H28ClN7O2. The minimum atomic E-state index is -0.440. The number of piperazine rings is 1. The fourth-order valence-corrected chi connectivity index (χ4v) is 5.40. The van der Waals surface area contributed by atoms with E-state index < -0.39 is 6.04 Å². The molecule has 10 heteroatoms. The fourth-order valence-electron chi connectivity index (χ4n) is 5.22. The smallest absolute Gasteiger partial charge is 0.253 e. The van der Waals surface area contributed by atoms with Gasteiger partial charge < -0.3 is 14.6 Å². The van der Waals surface area contributed by atoms with Gasteiger partial charge in [0, 0.05) is 53.4 Å². The number of methoxy groups -OCH3 is 1. The molecule has 5 aromatic rings. The van der Waals surface area contributed by atoms with Crippen LogP contribution in [0.15, 0.2) is 83.7 Å². The lowest BCUT2D eigenvalue weighted by Crippen LogP contribution is -2.49. The summed E-state index contributed by atoms with van der Waals surface area (Å²) in [4.78, 5) is 21.2. The number of hydrogen-bond acceptors (Lipinski definition) is 7. The van der Waals surface area contributed by atoms with E-state index in [1.165, 1.54) is 0 Å². The molecule has 1 fully saturated rings. The molecule has 1 aliphatic rings. The molecule has 1 saturated heterocycles. The molecule has 0 aliphatic carbocycles. The van der Waals surface area contributed by atoms with E-state index >= 15 is 0 Å². The lowest BCUT2D eigenvalue weighted by Gasteiger charge is -2.39. The highest BCUT2D eigenvalue weighted by Gasteiger charge is 2.33. The van der Waals surface area contributed by atoms with E-state index in [2.05, 4.69) is 36.4 Å². The van der Waals surface area contributed by atoms with Crippen LogP contribution in [0, 0.1) is 0 Å². The van der Waals surface area contributed by atoms with Crippen LogP contribution in [0.1, 0.15) is 23.0 Å². The first-order valence-corrected chi connectivity index (χ1v) is 13.2. The number of halogens is 1. The average molecular weight is 542 g/mol. The first-order chi connectivity index (χ1) is 19.1. The Bertz CT molecular complexity index is 1640. The summed E-state index contributed by atoms with van der Waals surface area (Å²) >= 11 is 6.25. The molecule has 9 nitrogen and oxygen atoms in total. The molecule has 1 aliphatic heterocycles. The van der Waals surface area contributed by atoms with E-state index in [1.54, 1.807) is 11.8 Å². The molecule has 1 atom stereocenters. The van der Waals surface area contributed by atoms with Crippen molar-refractivity contribution in [2.75, 3.05) is 38.2 Å². The molecule has 0 saturated carbocycles. The summed E-state index contributed by atoms with van der Waals surface area (Å²) in [5.41, 5.74) is 3.34. The lowest BCUT2D eigenvalue weighted by molar-refractivity contribution is 0.200. The number of fused-ring (bicyclic) bond motifs is 1. The van der Waals surface area contributed by atoms with Gasteiger partial charge in [-0.3, -0.25) is 9.69 Å². The third-order valence-corrected chi connectivity index (χ3v) is 7.44. The van der Waals surface area contributed by atoms with Gasteiger partial charge in [0.2, 0.25) is 0 Å². The normalized spacial score (nSPS) is 15.0. The van der Waals surface area contributed by atoms with Gasteiger partial charge in [-0.15, -0.1) is 5.10 Å². The lowest BCUT2D eigenvalue weighted by atomic mass is 10.0. The number of H-pyrrole nitrogens is 1. The maximum atomic E-state index is 13.5. The van der Waals surface area contributed by atoms with Crippen LogP contribution in [-0.4, -0.2) is 63.4 Å². The predicted octanol–water partition coefficient (Wildman–Crippen LogP) is 4.14. The molecule has 3 heterocycles. The van der Waals surface area contributed by atoms with Crippen LogP contribution >= 0.6 is 11.6 Å². The van der Waals surface area contributed by atoms with Crippen LogP contribution in [0.2, 0.25) is 5.02 Å². The standard InChI is InChI=1S/C29H28ClN7O2/c1-39-24-10-11-26-21(16-24)17-25(29(38)31-26)27(28-32-33-34-37(28)19-20-6-3-2-4-7-20)36-14-12-35(13-15-36)23-9-5-8-22(30)18-23/h2-11,16-18,27H,12-15,19H2,1H3,(H,31,38)/t27-/m0/s1. The summed E-state index contributed by atoms with van der Waals surface area (Å²) < 4.78 is 7.23. The van der Waals surface area contributed by atoms with Gasteiger partial charge in [-0.2, -0.15) is 0 Å². The van der Waals surface area contributed by atoms with Crippen molar-refractivity contribution in [1.29, 1.82) is 0 Å². The maximum absolute atomic E-state index is 13.5. The zero-order valence-electron chi connectivity index (χ0n) is 21.5. The molecule has 39 heavy (non-hydrogen) atoms. The van der Waals surface area contributed by atoms with Gasteiger partial charge in [-0.05, 0) is 58.5 Å². The first-order valence-electron chi connectivity index (χ1n) is 12.8. The first kappa shape index (κ1) is 25.1. The molecule has 198 valence electrons. The van der Waals surface area contributed by atoms with Crippen LogP contribution in [0.4, 0.5) is 5.69 Å². The Morgan fingerprint density at radius 3 is 2.56 bits per heavy atom. The third-order valence-electron chi connectivity index (χ3n) is 7.21. The average Bonchev–Trinajstić information content (AvgIpc) is 3.41. The number of tetrazole rings is 1. The van der Waals surface area contributed by atoms with E-state index in [0.29, 0.717) is 36.0 Å². The van der Waals surface area contributed by atoms with Gasteiger partial charge in [-0.1, -0.05) is 48.0 Å². The minimum Gasteiger partial charge on any atom is -0.497 e. The summed E-state index contributed by atoms with van der Waals surface area (Å²) in [5, 5.41) is 14.4. The van der Waals surface area contributed by atoms with Gasteiger partial charge in [-0.25, -0.2) is 4.68 Å². The van der Waals surface area contributed by atoms with Crippen molar-refractivity contribution in [2.45, 2.75) is 12.6 Å². The van der Waals surface area contributed by atoms with Crippen LogP contribution < -0.4 is 15.2 Å². The minimum absolute atomic E-state index is 0.163. The van der Waals surface area contributed by atoms with E-state index in [1.807, 2.05) is 72.8 Å². The number of nitrogens with one attached hydrogen (secondary N) is 1. The summed E-state index contributed by atoms with van der Waals surface area (Å²) in [6, 6.07) is 25.1. The molecule has 0 spiro atoms. The van der Waals surface area contributed by atoms with Gasteiger partial charge in [0.25, 0.3) is 5.56 Å². The van der Waals surface area contributed by atoms with Crippen LogP contribution in [0.3, 0.4) is 0 Å². The van der Waals surface area contributed by atoms with Crippen LogP contribution in [0.5, 0.6) is 5.75 Å². The quantitative estimate of drug-likeness (QED) is 0.331. The molecule has 0 radical (unpaired) electrons. The van der Waals surface area contributed by atoms with Crippen molar-refractivity contribution in [2.24, 2.45) is 0 Å². The highest BCUT2D eigenvalue weighted by molar-refractivity contribution is 6.30. The second-order valence-electron chi connectivity index (χ2n) is 9.59. The van der Waals surface area contributed by atoms with Gasteiger partial charge in [0.05, 0.1) is 13.7 Å². The van der Waals surface area contributed by atoms with Crippen molar-refractivity contribution in [3.8, 4) is 5.75 Å². The molecule has 2 aromatic heterocycles. The molecule has 0 unspecified atom stereocenters. The highest BCUT2D eigenvalue weighted by atomic mass is 35.5. The number of aromatic amines is 1. The summed E-state index contributed by atoms with van der Waals surface area (Å²) in [6.07, 6.45) is 0. The Balaban J connectivity index is 1.39. The van der Waals surface area contributed by atoms with Crippen molar-refractivity contribution >= 4 is 28.2 Å². The van der Waals surface area contributed by atoms with E-state index in [9.17, 15) is 4.79 Å². The monoisotopic (exact) mass is 541 g/mol. The second-order valence-corrected chi connectivity index (χ2v) is 10.0. The predicted molar refractivity (Wildman–Crippen MR) is 152 cm³/mol. The number of hydrogen-bond donors (Lipinski definition) is 1. The molecular weight excluding hydrogens is 514 g/mol. The number of pyridine rings is 1. The van der Waals surface area contributed by atoms with E-state index in [0.717, 1.165) is 41.0 Å².